The lowest BCUT2D eigenvalue weighted by molar-refractivity contribution is -0.122. The van der Waals surface area contributed by atoms with Gasteiger partial charge in [0.1, 0.15) is 0 Å². The molecule has 1 amide bonds. The normalized spacial score (nSPS) is 16.2. The van der Waals surface area contributed by atoms with Crippen LogP contribution in [-0.2, 0) is 4.79 Å². The number of carbonyl (C=O) groups excluding carboxylic acids is 1. The monoisotopic (exact) mass is 183 g/mol. The molecule has 2 heteroatoms. The summed E-state index contributed by atoms with van der Waals surface area (Å²) in [5, 5.41) is 2.98. The molecular weight excluding hydrogens is 162 g/mol. The van der Waals surface area contributed by atoms with E-state index in [0.717, 1.165) is 31.7 Å². The van der Waals surface area contributed by atoms with E-state index in [0.29, 0.717) is 5.92 Å². The summed E-state index contributed by atoms with van der Waals surface area (Å²) in [6.45, 7) is 5.35. The molecule has 0 aliphatic heterocycles. The van der Waals surface area contributed by atoms with E-state index in [1.165, 1.54) is 12.8 Å². The Labute approximate surface area is 81.1 Å². The maximum absolute atomic E-state index is 11.2. The third kappa shape index (κ3) is 4.91. The molecule has 0 aromatic heterocycles. The standard InChI is InChI=1S/C11H21NO/c1-9(2)5-3-4-8-12-11(13)10-6-7-10/h9-10H,3-8H2,1-2H3,(H,12,13). The van der Waals surface area contributed by atoms with E-state index in [1.54, 1.807) is 0 Å². The number of unbranched alkanes of at least 4 members (excludes halogenated alkanes) is 1. The van der Waals surface area contributed by atoms with Crippen molar-refractivity contribution in [1.82, 2.24) is 5.32 Å². The van der Waals surface area contributed by atoms with Gasteiger partial charge in [0.2, 0.25) is 5.91 Å². The second kappa shape index (κ2) is 5.25. The second-order valence-electron chi connectivity index (χ2n) is 4.45. The van der Waals surface area contributed by atoms with Crippen molar-refractivity contribution in [1.29, 1.82) is 0 Å². The number of carbonyl (C=O) groups is 1. The molecule has 1 saturated carbocycles. The Hall–Kier alpha value is -0.530. The number of amides is 1. The van der Waals surface area contributed by atoms with Gasteiger partial charge < -0.3 is 5.32 Å². The summed E-state index contributed by atoms with van der Waals surface area (Å²) in [6, 6.07) is 0. The fourth-order valence-electron chi connectivity index (χ4n) is 1.38. The Balaban J connectivity index is 1.86. The van der Waals surface area contributed by atoms with Crippen molar-refractivity contribution in [3.8, 4) is 0 Å². The predicted molar refractivity (Wildman–Crippen MR) is 54.4 cm³/mol. The van der Waals surface area contributed by atoms with E-state index in [2.05, 4.69) is 19.2 Å². The van der Waals surface area contributed by atoms with Gasteiger partial charge in [0.25, 0.3) is 0 Å². The van der Waals surface area contributed by atoms with Gasteiger partial charge in [-0.1, -0.05) is 26.7 Å². The van der Waals surface area contributed by atoms with Crippen molar-refractivity contribution < 1.29 is 4.79 Å². The van der Waals surface area contributed by atoms with E-state index < -0.39 is 0 Å². The van der Waals surface area contributed by atoms with Gasteiger partial charge in [0, 0.05) is 12.5 Å². The van der Waals surface area contributed by atoms with Gasteiger partial charge in [-0.3, -0.25) is 4.79 Å². The van der Waals surface area contributed by atoms with E-state index in [1.807, 2.05) is 0 Å². The first kappa shape index (κ1) is 10.6. The summed E-state index contributed by atoms with van der Waals surface area (Å²) < 4.78 is 0. The summed E-state index contributed by atoms with van der Waals surface area (Å²) in [5.41, 5.74) is 0. The van der Waals surface area contributed by atoms with Crippen LogP contribution in [0.1, 0.15) is 46.0 Å². The molecule has 2 nitrogen and oxygen atoms in total. The minimum absolute atomic E-state index is 0.282. The first-order valence-electron chi connectivity index (χ1n) is 5.48. The Bertz CT molecular complexity index is 161. The lowest BCUT2D eigenvalue weighted by Gasteiger charge is -2.05. The molecule has 0 unspecified atom stereocenters. The molecule has 0 radical (unpaired) electrons. The van der Waals surface area contributed by atoms with Crippen LogP contribution in [0, 0.1) is 11.8 Å². The molecule has 76 valence electrons. The van der Waals surface area contributed by atoms with Gasteiger partial charge in [0.15, 0.2) is 0 Å². The van der Waals surface area contributed by atoms with Crippen LogP contribution in [0.5, 0.6) is 0 Å². The highest BCUT2D eigenvalue weighted by atomic mass is 16.2. The fraction of sp³-hybridized carbons (Fsp3) is 0.909. The van der Waals surface area contributed by atoms with Gasteiger partial charge >= 0.3 is 0 Å². The first-order valence-corrected chi connectivity index (χ1v) is 5.48. The molecule has 0 bridgehead atoms. The molecule has 13 heavy (non-hydrogen) atoms. The molecule has 0 saturated heterocycles. The number of rotatable bonds is 6. The highest BCUT2D eigenvalue weighted by Gasteiger charge is 2.28. The van der Waals surface area contributed by atoms with E-state index >= 15 is 0 Å². The number of nitrogens with one attached hydrogen (secondary N) is 1. The Morgan fingerprint density at radius 2 is 2.08 bits per heavy atom. The van der Waals surface area contributed by atoms with Gasteiger partial charge in [-0.2, -0.15) is 0 Å². The minimum Gasteiger partial charge on any atom is -0.356 e. The third-order valence-electron chi connectivity index (χ3n) is 2.46. The van der Waals surface area contributed by atoms with Crippen molar-refractivity contribution in [3.05, 3.63) is 0 Å². The largest absolute Gasteiger partial charge is 0.356 e. The summed E-state index contributed by atoms with van der Waals surface area (Å²) in [7, 11) is 0. The summed E-state index contributed by atoms with van der Waals surface area (Å²) in [5.74, 6) is 1.44. The SMILES string of the molecule is CC(C)CCCCNC(=O)C1CC1. The van der Waals surface area contributed by atoms with Gasteiger partial charge in [-0.15, -0.1) is 0 Å². The van der Waals surface area contributed by atoms with Crippen LogP contribution in [0.15, 0.2) is 0 Å². The average molecular weight is 183 g/mol. The van der Waals surface area contributed by atoms with Crippen LogP contribution in [0.25, 0.3) is 0 Å². The van der Waals surface area contributed by atoms with Gasteiger partial charge in [0.05, 0.1) is 0 Å². The molecule has 0 heterocycles. The zero-order chi connectivity index (χ0) is 9.68. The molecule has 1 fully saturated rings. The van der Waals surface area contributed by atoms with Crippen LogP contribution in [-0.4, -0.2) is 12.5 Å². The van der Waals surface area contributed by atoms with E-state index in [4.69, 9.17) is 0 Å². The van der Waals surface area contributed by atoms with Gasteiger partial charge in [-0.25, -0.2) is 0 Å². The Morgan fingerprint density at radius 1 is 1.38 bits per heavy atom. The predicted octanol–water partition coefficient (Wildman–Crippen LogP) is 2.34. The molecular formula is C11H21NO. The zero-order valence-electron chi connectivity index (χ0n) is 8.81. The molecule has 1 aliphatic carbocycles. The molecule has 1 N–H and O–H groups in total. The molecule has 0 spiro atoms. The average Bonchev–Trinajstić information content (AvgIpc) is 2.85. The van der Waals surface area contributed by atoms with Crippen molar-refractivity contribution in [2.24, 2.45) is 11.8 Å². The minimum atomic E-state index is 0.282. The summed E-state index contributed by atoms with van der Waals surface area (Å²) in [4.78, 5) is 11.2. The van der Waals surface area contributed by atoms with Crippen LogP contribution in [0.4, 0.5) is 0 Å². The topological polar surface area (TPSA) is 29.1 Å². The fourth-order valence-corrected chi connectivity index (χ4v) is 1.38. The zero-order valence-corrected chi connectivity index (χ0v) is 8.81. The molecule has 1 rings (SSSR count). The first-order chi connectivity index (χ1) is 6.20. The second-order valence-corrected chi connectivity index (χ2v) is 4.45. The highest BCUT2D eigenvalue weighted by Crippen LogP contribution is 2.28. The smallest absolute Gasteiger partial charge is 0.223 e. The lowest BCUT2D eigenvalue weighted by Crippen LogP contribution is -2.25. The van der Waals surface area contributed by atoms with E-state index in [-0.39, 0.29) is 5.91 Å². The molecule has 0 atom stereocenters. The Kier molecular flexibility index (Phi) is 4.26. The van der Waals surface area contributed by atoms with Crippen LogP contribution in [0.2, 0.25) is 0 Å². The third-order valence-corrected chi connectivity index (χ3v) is 2.46. The summed E-state index contributed by atoms with van der Waals surface area (Å²) >= 11 is 0. The van der Waals surface area contributed by atoms with Crippen LogP contribution < -0.4 is 5.32 Å². The highest BCUT2D eigenvalue weighted by molar-refractivity contribution is 5.80. The van der Waals surface area contributed by atoms with Crippen LogP contribution >= 0.6 is 0 Å². The molecule has 1 aliphatic rings. The molecule has 0 aromatic carbocycles. The van der Waals surface area contributed by atoms with Crippen LogP contribution in [0.3, 0.4) is 0 Å². The van der Waals surface area contributed by atoms with Crippen molar-refractivity contribution in [2.75, 3.05) is 6.54 Å². The lowest BCUT2D eigenvalue weighted by atomic mass is 10.1. The maximum Gasteiger partial charge on any atom is 0.223 e. The quantitative estimate of drug-likeness (QED) is 0.629. The van der Waals surface area contributed by atoms with Gasteiger partial charge in [-0.05, 0) is 25.2 Å². The number of hydrogen-bond donors (Lipinski definition) is 1. The van der Waals surface area contributed by atoms with Crippen molar-refractivity contribution in [2.45, 2.75) is 46.0 Å². The van der Waals surface area contributed by atoms with Crippen molar-refractivity contribution in [3.63, 3.8) is 0 Å². The Morgan fingerprint density at radius 3 is 2.62 bits per heavy atom. The van der Waals surface area contributed by atoms with E-state index in [9.17, 15) is 4.79 Å². The van der Waals surface area contributed by atoms with Crippen molar-refractivity contribution >= 4 is 5.91 Å². The number of hydrogen-bond acceptors (Lipinski definition) is 1. The maximum atomic E-state index is 11.2. The summed E-state index contributed by atoms with van der Waals surface area (Å²) in [6.07, 6.45) is 5.87. The molecule has 0 aromatic rings.